The number of nitrogens with two attached hydrogens (primary N) is 1. The highest BCUT2D eigenvalue weighted by Crippen LogP contribution is 1.92. The summed E-state index contributed by atoms with van der Waals surface area (Å²) in [7, 11) is 6.37. The van der Waals surface area contributed by atoms with Crippen molar-refractivity contribution < 1.29 is 4.48 Å². The highest BCUT2D eigenvalue weighted by atomic mass is 15.3. The zero-order valence-electron chi connectivity index (χ0n) is 7.35. The van der Waals surface area contributed by atoms with Gasteiger partial charge in [-0.15, -0.1) is 0 Å². The van der Waals surface area contributed by atoms with Gasteiger partial charge in [-0.3, -0.25) is 0 Å². The molecule has 0 aromatic rings. The molecule has 0 atom stereocenters. The zero-order chi connectivity index (χ0) is 8.04. The van der Waals surface area contributed by atoms with Crippen molar-refractivity contribution in [2.75, 3.05) is 47.3 Å². The Balaban J connectivity index is 3.42. The number of quaternary nitrogens is 1. The van der Waals surface area contributed by atoms with Gasteiger partial charge in [-0.2, -0.15) is 0 Å². The third kappa shape index (κ3) is 4.73. The van der Waals surface area contributed by atoms with Crippen LogP contribution in [0.5, 0.6) is 0 Å². The smallest absolute Gasteiger partial charge is 0.0909 e. The van der Waals surface area contributed by atoms with Crippen molar-refractivity contribution in [1.29, 1.82) is 0 Å². The minimum Gasteiger partial charge on any atom is -0.326 e. The molecule has 0 fully saturated rings. The Hall–Kier alpha value is -0.120. The Morgan fingerprint density at radius 1 is 1.30 bits per heavy atom. The number of nitrogens with one attached hydrogen (secondary N) is 1. The van der Waals surface area contributed by atoms with Crippen molar-refractivity contribution in [1.82, 2.24) is 5.32 Å². The van der Waals surface area contributed by atoms with Crippen molar-refractivity contribution in [3.05, 3.63) is 0 Å². The number of rotatable bonds is 5. The molecule has 0 rings (SSSR count). The van der Waals surface area contributed by atoms with Gasteiger partial charge in [-0.25, -0.2) is 0 Å². The van der Waals surface area contributed by atoms with Gasteiger partial charge in [0.1, 0.15) is 0 Å². The first-order valence-electron chi connectivity index (χ1n) is 3.79. The minimum absolute atomic E-state index is 0.775. The van der Waals surface area contributed by atoms with E-state index in [1.807, 2.05) is 7.05 Å². The molecule has 0 radical (unpaired) electrons. The van der Waals surface area contributed by atoms with E-state index in [1.165, 1.54) is 0 Å². The van der Waals surface area contributed by atoms with Crippen LogP contribution in [0.2, 0.25) is 0 Å². The topological polar surface area (TPSA) is 38.0 Å². The van der Waals surface area contributed by atoms with Crippen LogP contribution < -0.4 is 11.1 Å². The molecule has 0 unspecified atom stereocenters. The molecule has 0 spiro atoms. The Kier molecular flexibility index (Phi) is 4.60. The standard InChI is InChI=1S/C7H20N3/c1-9-5-7-10(2,3)6-4-8/h9H,4-8H2,1-3H3/q+1. The van der Waals surface area contributed by atoms with Crippen LogP contribution >= 0.6 is 0 Å². The first-order chi connectivity index (χ1) is 4.62. The van der Waals surface area contributed by atoms with Gasteiger partial charge >= 0.3 is 0 Å². The SMILES string of the molecule is CNCC[N+](C)(C)CCN. The van der Waals surface area contributed by atoms with Gasteiger partial charge < -0.3 is 15.5 Å². The molecule has 3 heteroatoms. The van der Waals surface area contributed by atoms with Crippen molar-refractivity contribution in [3.8, 4) is 0 Å². The molecule has 0 aliphatic carbocycles. The third-order valence-corrected chi connectivity index (χ3v) is 1.70. The maximum atomic E-state index is 5.45. The molecular weight excluding hydrogens is 126 g/mol. The first kappa shape index (κ1) is 9.88. The molecule has 10 heavy (non-hydrogen) atoms. The van der Waals surface area contributed by atoms with Crippen LogP contribution in [0.4, 0.5) is 0 Å². The quantitative estimate of drug-likeness (QED) is 0.500. The van der Waals surface area contributed by atoms with Gasteiger partial charge in [0.15, 0.2) is 0 Å². The Morgan fingerprint density at radius 2 is 1.90 bits per heavy atom. The third-order valence-electron chi connectivity index (χ3n) is 1.70. The second-order valence-electron chi connectivity index (χ2n) is 3.28. The van der Waals surface area contributed by atoms with Gasteiger partial charge in [-0.1, -0.05) is 0 Å². The summed E-state index contributed by atoms with van der Waals surface area (Å²) in [5.74, 6) is 0. The van der Waals surface area contributed by atoms with Gasteiger partial charge in [0.25, 0.3) is 0 Å². The van der Waals surface area contributed by atoms with Crippen LogP contribution in [0, 0.1) is 0 Å². The van der Waals surface area contributed by atoms with Gasteiger partial charge in [0, 0.05) is 13.1 Å². The van der Waals surface area contributed by atoms with Crippen LogP contribution in [0.3, 0.4) is 0 Å². The number of hydrogen-bond acceptors (Lipinski definition) is 2. The molecule has 0 saturated heterocycles. The lowest BCUT2D eigenvalue weighted by Gasteiger charge is -2.28. The average Bonchev–Trinajstić information content (AvgIpc) is 1.84. The Morgan fingerprint density at radius 3 is 2.30 bits per heavy atom. The van der Waals surface area contributed by atoms with E-state index in [2.05, 4.69) is 19.4 Å². The molecule has 0 aromatic carbocycles. The van der Waals surface area contributed by atoms with Crippen molar-refractivity contribution in [3.63, 3.8) is 0 Å². The highest BCUT2D eigenvalue weighted by Gasteiger charge is 2.11. The van der Waals surface area contributed by atoms with E-state index in [0.717, 1.165) is 30.7 Å². The normalized spacial score (nSPS) is 12.0. The second-order valence-corrected chi connectivity index (χ2v) is 3.28. The summed E-state index contributed by atoms with van der Waals surface area (Å²) in [4.78, 5) is 0. The fraction of sp³-hybridized carbons (Fsp3) is 1.00. The predicted octanol–water partition coefficient (Wildman–Crippen LogP) is -0.759. The molecular formula is C7H20N3+. The van der Waals surface area contributed by atoms with Crippen LogP contribution in [-0.4, -0.2) is 51.8 Å². The van der Waals surface area contributed by atoms with Crippen LogP contribution in [-0.2, 0) is 0 Å². The van der Waals surface area contributed by atoms with E-state index in [1.54, 1.807) is 0 Å². The summed E-state index contributed by atoms with van der Waals surface area (Å²) in [5.41, 5.74) is 5.45. The number of hydrogen-bond donors (Lipinski definition) is 2. The highest BCUT2D eigenvalue weighted by molar-refractivity contribution is 4.39. The van der Waals surface area contributed by atoms with E-state index < -0.39 is 0 Å². The average molecular weight is 146 g/mol. The van der Waals surface area contributed by atoms with E-state index >= 15 is 0 Å². The summed E-state index contributed by atoms with van der Waals surface area (Å²) in [6.45, 7) is 4.04. The Labute approximate surface area is 63.8 Å². The lowest BCUT2D eigenvalue weighted by Crippen LogP contribution is -2.46. The van der Waals surface area contributed by atoms with Crippen molar-refractivity contribution >= 4 is 0 Å². The molecule has 0 heterocycles. The molecule has 3 nitrogen and oxygen atoms in total. The molecule has 0 amide bonds. The molecule has 0 saturated carbocycles. The van der Waals surface area contributed by atoms with E-state index in [-0.39, 0.29) is 0 Å². The Bertz CT molecular complexity index is 80.9. The van der Waals surface area contributed by atoms with Crippen molar-refractivity contribution in [2.45, 2.75) is 0 Å². The van der Waals surface area contributed by atoms with Crippen LogP contribution in [0.1, 0.15) is 0 Å². The van der Waals surface area contributed by atoms with Gasteiger partial charge in [0.05, 0.1) is 27.2 Å². The minimum atomic E-state index is 0.775. The fourth-order valence-corrected chi connectivity index (χ4v) is 0.876. The van der Waals surface area contributed by atoms with E-state index in [9.17, 15) is 0 Å². The summed E-state index contributed by atoms with van der Waals surface area (Å²) < 4.78 is 1.01. The second kappa shape index (κ2) is 4.66. The monoisotopic (exact) mass is 146 g/mol. The van der Waals surface area contributed by atoms with E-state index in [4.69, 9.17) is 5.73 Å². The molecule has 0 aliphatic rings. The lowest BCUT2D eigenvalue weighted by atomic mass is 10.4. The van der Waals surface area contributed by atoms with Gasteiger partial charge in [0.2, 0.25) is 0 Å². The summed E-state index contributed by atoms with van der Waals surface area (Å²) >= 11 is 0. The molecule has 62 valence electrons. The largest absolute Gasteiger partial charge is 0.326 e. The first-order valence-corrected chi connectivity index (χ1v) is 3.79. The predicted molar refractivity (Wildman–Crippen MR) is 44.8 cm³/mol. The summed E-state index contributed by atoms with van der Waals surface area (Å²) in [6, 6.07) is 0. The molecule has 0 aliphatic heterocycles. The van der Waals surface area contributed by atoms with Gasteiger partial charge in [-0.05, 0) is 7.05 Å². The van der Waals surface area contributed by atoms with E-state index in [0.29, 0.717) is 0 Å². The fourth-order valence-electron chi connectivity index (χ4n) is 0.876. The summed E-state index contributed by atoms with van der Waals surface area (Å²) in [5, 5.41) is 3.13. The summed E-state index contributed by atoms with van der Waals surface area (Å²) in [6.07, 6.45) is 0. The molecule has 3 N–H and O–H groups in total. The molecule has 0 bridgehead atoms. The zero-order valence-corrected chi connectivity index (χ0v) is 7.35. The molecule has 0 aromatic heterocycles. The van der Waals surface area contributed by atoms with Crippen LogP contribution in [0.15, 0.2) is 0 Å². The van der Waals surface area contributed by atoms with Crippen LogP contribution in [0.25, 0.3) is 0 Å². The maximum absolute atomic E-state index is 5.45. The lowest BCUT2D eigenvalue weighted by molar-refractivity contribution is -0.887. The maximum Gasteiger partial charge on any atom is 0.0909 e. The number of likely N-dealkylation sites (N-methyl/N-ethyl adjacent to an activating group) is 2. The van der Waals surface area contributed by atoms with Crippen molar-refractivity contribution in [2.24, 2.45) is 5.73 Å². The number of nitrogens with zero attached hydrogens (tertiary/aromatic N) is 1.